The van der Waals surface area contributed by atoms with E-state index in [4.69, 9.17) is 9.84 Å². The van der Waals surface area contributed by atoms with Gasteiger partial charge in [-0.2, -0.15) is 11.8 Å². The zero-order valence-corrected chi connectivity index (χ0v) is 10.9. The van der Waals surface area contributed by atoms with E-state index < -0.39 is 5.97 Å². The van der Waals surface area contributed by atoms with Crippen LogP contribution in [-0.4, -0.2) is 41.8 Å². The van der Waals surface area contributed by atoms with Gasteiger partial charge in [-0.25, -0.2) is 4.79 Å². The van der Waals surface area contributed by atoms with Crippen molar-refractivity contribution in [3.05, 3.63) is 29.8 Å². The number of rotatable bonds is 6. The van der Waals surface area contributed by atoms with Gasteiger partial charge in [-0.05, 0) is 36.4 Å². The maximum absolute atomic E-state index is 10.7. The molecule has 1 fully saturated rings. The van der Waals surface area contributed by atoms with Crippen LogP contribution in [0.15, 0.2) is 24.3 Å². The van der Waals surface area contributed by atoms with E-state index in [9.17, 15) is 4.79 Å². The number of nitrogens with one attached hydrogen (secondary N) is 1. The molecule has 5 heteroatoms. The maximum Gasteiger partial charge on any atom is 0.335 e. The highest BCUT2D eigenvalue weighted by Crippen LogP contribution is 2.16. The predicted octanol–water partition coefficient (Wildman–Crippen LogP) is 1.86. The molecule has 98 valence electrons. The normalized spacial score (nSPS) is 18.8. The lowest BCUT2D eigenvalue weighted by atomic mass is 10.2. The molecule has 1 aromatic carbocycles. The molecule has 1 aromatic rings. The fourth-order valence-corrected chi connectivity index (χ4v) is 3.01. The van der Waals surface area contributed by atoms with Gasteiger partial charge in [-0.15, -0.1) is 0 Å². The second kappa shape index (κ2) is 6.66. The van der Waals surface area contributed by atoms with Crippen molar-refractivity contribution >= 4 is 17.7 Å². The number of hydrogen-bond acceptors (Lipinski definition) is 4. The van der Waals surface area contributed by atoms with Gasteiger partial charge in [0, 0.05) is 18.3 Å². The average molecular weight is 267 g/mol. The number of thioether (sulfide) groups is 1. The van der Waals surface area contributed by atoms with E-state index in [0.717, 1.165) is 6.54 Å². The van der Waals surface area contributed by atoms with Crippen molar-refractivity contribution < 1.29 is 14.6 Å². The second-order valence-corrected chi connectivity index (χ2v) is 5.34. The Morgan fingerprint density at radius 3 is 2.83 bits per heavy atom. The molecule has 0 bridgehead atoms. The van der Waals surface area contributed by atoms with Crippen molar-refractivity contribution in [1.29, 1.82) is 0 Å². The standard InChI is InChI=1S/C13H17NO3S/c15-13(16)10-1-3-12(4-2-10)17-7-6-14-11-5-8-18-9-11/h1-4,11,14H,5-9H2,(H,15,16). The van der Waals surface area contributed by atoms with Crippen LogP contribution in [0.5, 0.6) is 5.75 Å². The molecule has 0 radical (unpaired) electrons. The van der Waals surface area contributed by atoms with Gasteiger partial charge < -0.3 is 15.2 Å². The first kappa shape index (κ1) is 13.2. The van der Waals surface area contributed by atoms with Crippen molar-refractivity contribution in [3.8, 4) is 5.75 Å². The minimum Gasteiger partial charge on any atom is -0.492 e. The Hall–Kier alpha value is -1.20. The molecule has 0 saturated carbocycles. The minimum atomic E-state index is -0.915. The van der Waals surface area contributed by atoms with E-state index in [2.05, 4.69) is 5.32 Å². The lowest BCUT2D eigenvalue weighted by molar-refractivity contribution is 0.0697. The van der Waals surface area contributed by atoms with Gasteiger partial charge in [0.1, 0.15) is 12.4 Å². The largest absolute Gasteiger partial charge is 0.492 e. The molecule has 2 N–H and O–H groups in total. The van der Waals surface area contributed by atoms with Crippen molar-refractivity contribution in [2.24, 2.45) is 0 Å². The molecule has 2 rings (SSSR count). The Morgan fingerprint density at radius 1 is 1.44 bits per heavy atom. The Morgan fingerprint density at radius 2 is 2.22 bits per heavy atom. The number of benzene rings is 1. The molecular weight excluding hydrogens is 250 g/mol. The minimum absolute atomic E-state index is 0.281. The van der Waals surface area contributed by atoms with E-state index in [0.29, 0.717) is 18.4 Å². The monoisotopic (exact) mass is 267 g/mol. The van der Waals surface area contributed by atoms with Crippen LogP contribution in [0.25, 0.3) is 0 Å². The third-order valence-corrected chi connectivity index (χ3v) is 4.00. The van der Waals surface area contributed by atoms with Crippen molar-refractivity contribution in [2.75, 3.05) is 24.7 Å². The van der Waals surface area contributed by atoms with Crippen molar-refractivity contribution in [1.82, 2.24) is 5.32 Å². The molecule has 1 atom stereocenters. The van der Waals surface area contributed by atoms with E-state index in [1.165, 1.54) is 17.9 Å². The molecule has 0 aromatic heterocycles. The van der Waals surface area contributed by atoms with Crippen LogP contribution in [0, 0.1) is 0 Å². The summed E-state index contributed by atoms with van der Waals surface area (Å²) in [5, 5.41) is 12.2. The lowest BCUT2D eigenvalue weighted by Crippen LogP contribution is -2.32. The third kappa shape index (κ3) is 3.92. The Labute approximate surface area is 111 Å². The van der Waals surface area contributed by atoms with Crippen molar-refractivity contribution in [3.63, 3.8) is 0 Å². The highest BCUT2D eigenvalue weighted by Gasteiger charge is 2.13. The van der Waals surface area contributed by atoms with Gasteiger partial charge in [-0.3, -0.25) is 0 Å². The van der Waals surface area contributed by atoms with E-state index in [1.807, 2.05) is 11.8 Å². The van der Waals surface area contributed by atoms with E-state index in [1.54, 1.807) is 24.3 Å². The summed E-state index contributed by atoms with van der Waals surface area (Å²) in [7, 11) is 0. The van der Waals surface area contributed by atoms with Gasteiger partial charge in [0.2, 0.25) is 0 Å². The fraction of sp³-hybridized carbons (Fsp3) is 0.462. The smallest absolute Gasteiger partial charge is 0.335 e. The molecule has 1 aliphatic heterocycles. The van der Waals surface area contributed by atoms with Gasteiger partial charge in [-0.1, -0.05) is 0 Å². The summed E-state index contributed by atoms with van der Waals surface area (Å²) in [6.45, 7) is 1.43. The average Bonchev–Trinajstić information content (AvgIpc) is 2.88. The number of aromatic carboxylic acids is 1. The predicted molar refractivity (Wildman–Crippen MR) is 72.6 cm³/mol. The number of carboxylic acid groups (broad SMARTS) is 1. The number of hydrogen-bond donors (Lipinski definition) is 2. The Kier molecular flexibility index (Phi) is 4.90. The first-order valence-electron chi connectivity index (χ1n) is 6.03. The van der Waals surface area contributed by atoms with E-state index >= 15 is 0 Å². The number of carbonyl (C=O) groups is 1. The summed E-state index contributed by atoms with van der Waals surface area (Å²) in [6.07, 6.45) is 1.23. The SMILES string of the molecule is O=C(O)c1ccc(OCCNC2CCSC2)cc1. The van der Waals surface area contributed by atoms with Crippen molar-refractivity contribution in [2.45, 2.75) is 12.5 Å². The zero-order chi connectivity index (χ0) is 12.8. The summed E-state index contributed by atoms with van der Waals surface area (Å²) in [4.78, 5) is 10.7. The van der Waals surface area contributed by atoms with Gasteiger partial charge in [0.15, 0.2) is 0 Å². The molecule has 1 saturated heterocycles. The highest BCUT2D eigenvalue weighted by atomic mass is 32.2. The Bertz CT molecular complexity index is 388. The first-order chi connectivity index (χ1) is 8.75. The summed E-state index contributed by atoms with van der Waals surface area (Å²) in [5.41, 5.74) is 0.281. The molecule has 0 amide bonds. The van der Waals surface area contributed by atoms with Gasteiger partial charge in [0.25, 0.3) is 0 Å². The molecule has 0 spiro atoms. The molecule has 1 aliphatic rings. The molecule has 18 heavy (non-hydrogen) atoms. The van der Waals surface area contributed by atoms with Crippen LogP contribution in [0.2, 0.25) is 0 Å². The summed E-state index contributed by atoms with van der Waals surface area (Å²) >= 11 is 1.98. The topological polar surface area (TPSA) is 58.6 Å². The molecule has 1 heterocycles. The molecular formula is C13H17NO3S. The van der Waals surface area contributed by atoms with Crippen LogP contribution in [0.4, 0.5) is 0 Å². The highest BCUT2D eigenvalue weighted by molar-refractivity contribution is 7.99. The third-order valence-electron chi connectivity index (χ3n) is 2.83. The van der Waals surface area contributed by atoms with Gasteiger partial charge in [0.05, 0.1) is 5.56 Å². The molecule has 1 unspecified atom stereocenters. The number of carboxylic acids is 1. The summed E-state index contributed by atoms with van der Waals surface area (Å²) in [5.74, 6) is 2.23. The maximum atomic E-state index is 10.7. The van der Waals surface area contributed by atoms with Gasteiger partial charge >= 0.3 is 5.97 Å². The van der Waals surface area contributed by atoms with Crippen LogP contribution < -0.4 is 10.1 Å². The quantitative estimate of drug-likeness (QED) is 0.770. The fourth-order valence-electron chi connectivity index (χ4n) is 1.82. The van der Waals surface area contributed by atoms with Crippen LogP contribution in [-0.2, 0) is 0 Å². The Balaban J connectivity index is 1.68. The first-order valence-corrected chi connectivity index (χ1v) is 7.18. The zero-order valence-electron chi connectivity index (χ0n) is 10.1. The van der Waals surface area contributed by atoms with Crippen LogP contribution in [0.3, 0.4) is 0 Å². The summed E-state index contributed by atoms with van der Waals surface area (Å²) < 4.78 is 5.54. The van der Waals surface area contributed by atoms with Crippen LogP contribution >= 0.6 is 11.8 Å². The second-order valence-electron chi connectivity index (χ2n) is 4.19. The number of ether oxygens (including phenoxy) is 1. The lowest BCUT2D eigenvalue weighted by Gasteiger charge is -2.11. The molecule has 4 nitrogen and oxygen atoms in total. The summed E-state index contributed by atoms with van der Waals surface area (Å²) in [6, 6.07) is 7.11. The van der Waals surface area contributed by atoms with E-state index in [-0.39, 0.29) is 5.56 Å². The molecule has 0 aliphatic carbocycles. The van der Waals surface area contributed by atoms with Crippen LogP contribution in [0.1, 0.15) is 16.8 Å².